The van der Waals surface area contributed by atoms with Crippen LogP contribution in [0.25, 0.3) is 0 Å². The predicted octanol–water partition coefficient (Wildman–Crippen LogP) is 0.833. The Morgan fingerprint density at radius 3 is 2.45 bits per heavy atom. The van der Waals surface area contributed by atoms with Crippen LogP contribution < -0.4 is 5.32 Å². The number of hydrogen-bond donors (Lipinski definition) is 1. The highest BCUT2D eigenvalue weighted by Crippen LogP contribution is 2.30. The molecule has 2 saturated heterocycles. The normalized spacial score (nSPS) is 32.2. The van der Waals surface area contributed by atoms with Crippen LogP contribution in [0.1, 0.15) is 26.7 Å². The van der Waals surface area contributed by atoms with Gasteiger partial charge in [0.25, 0.3) is 0 Å². The molecule has 0 spiro atoms. The molecule has 2 fully saturated rings. The van der Waals surface area contributed by atoms with Crippen molar-refractivity contribution >= 4 is 0 Å². The molecule has 0 saturated carbocycles. The van der Waals surface area contributed by atoms with E-state index in [1.54, 1.807) is 0 Å². The van der Waals surface area contributed by atoms with Crippen LogP contribution in [0.4, 0.5) is 0 Å². The zero-order valence-corrected chi connectivity index (χ0v) is 7.56. The molecular formula is C9H18N2. The molecule has 2 aliphatic heterocycles. The summed E-state index contributed by atoms with van der Waals surface area (Å²) in [4.78, 5) is 2.67. The van der Waals surface area contributed by atoms with Crippen LogP contribution in [0.15, 0.2) is 0 Å². The summed E-state index contributed by atoms with van der Waals surface area (Å²) in [7, 11) is 0. The second-order valence-electron chi connectivity index (χ2n) is 4.42. The lowest BCUT2D eigenvalue weighted by molar-refractivity contribution is 0.0814. The maximum absolute atomic E-state index is 3.33. The first-order valence-electron chi connectivity index (χ1n) is 4.68. The lowest BCUT2D eigenvalue weighted by atomic mass is 9.99. The van der Waals surface area contributed by atoms with Gasteiger partial charge in [-0.05, 0) is 33.2 Å². The number of hydrogen-bond acceptors (Lipinski definition) is 2. The Morgan fingerprint density at radius 2 is 2.09 bits per heavy atom. The van der Waals surface area contributed by atoms with Crippen LogP contribution >= 0.6 is 0 Å². The molecule has 2 heteroatoms. The molecule has 0 bridgehead atoms. The monoisotopic (exact) mass is 154 g/mol. The first kappa shape index (κ1) is 7.56. The van der Waals surface area contributed by atoms with Gasteiger partial charge in [-0.1, -0.05) is 0 Å². The first-order chi connectivity index (χ1) is 5.20. The van der Waals surface area contributed by atoms with Crippen molar-refractivity contribution in [1.29, 1.82) is 0 Å². The van der Waals surface area contributed by atoms with Gasteiger partial charge in [-0.15, -0.1) is 0 Å². The quantitative estimate of drug-likeness (QED) is 0.602. The molecule has 0 aliphatic carbocycles. The number of nitrogens with zero attached hydrogens (tertiary/aromatic N) is 1. The van der Waals surface area contributed by atoms with E-state index in [-0.39, 0.29) is 0 Å². The van der Waals surface area contributed by atoms with Crippen molar-refractivity contribution < 1.29 is 0 Å². The molecule has 2 aliphatic rings. The summed E-state index contributed by atoms with van der Waals surface area (Å²) < 4.78 is 0. The molecule has 1 N–H and O–H groups in total. The van der Waals surface area contributed by atoms with Crippen LogP contribution in [-0.4, -0.2) is 36.1 Å². The van der Waals surface area contributed by atoms with Crippen molar-refractivity contribution in [3.8, 4) is 0 Å². The van der Waals surface area contributed by atoms with Crippen molar-refractivity contribution in [2.75, 3.05) is 19.6 Å². The van der Waals surface area contributed by atoms with Crippen molar-refractivity contribution in [2.24, 2.45) is 0 Å². The van der Waals surface area contributed by atoms with Crippen LogP contribution in [0.2, 0.25) is 0 Å². The Kier molecular flexibility index (Phi) is 1.69. The summed E-state index contributed by atoms with van der Waals surface area (Å²) in [6.07, 6.45) is 2.77. The van der Waals surface area contributed by atoms with E-state index in [0.717, 1.165) is 6.04 Å². The van der Waals surface area contributed by atoms with Gasteiger partial charge >= 0.3 is 0 Å². The van der Waals surface area contributed by atoms with Gasteiger partial charge in [-0.2, -0.15) is 0 Å². The van der Waals surface area contributed by atoms with Crippen LogP contribution in [-0.2, 0) is 0 Å². The van der Waals surface area contributed by atoms with E-state index in [1.807, 2.05) is 0 Å². The smallest absolute Gasteiger partial charge is 0.0350 e. The third-order valence-electron chi connectivity index (χ3n) is 3.17. The largest absolute Gasteiger partial charge is 0.314 e. The molecule has 0 unspecified atom stereocenters. The van der Waals surface area contributed by atoms with Crippen molar-refractivity contribution in [3.05, 3.63) is 0 Å². The Hall–Kier alpha value is -0.0800. The maximum Gasteiger partial charge on any atom is 0.0350 e. The Labute approximate surface area is 69.0 Å². The van der Waals surface area contributed by atoms with Gasteiger partial charge in [0.2, 0.25) is 0 Å². The minimum absolute atomic E-state index is 0.479. The lowest BCUT2D eigenvalue weighted by Gasteiger charge is -2.43. The second kappa shape index (κ2) is 2.46. The fourth-order valence-electron chi connectivity index (χ4n) is 2.30. The molecule has 0 aromatic heterocycles. The minimum Gasteiger partial charge on any atom is -0.314 e. The van der Waals surface area contributed by atoms with E-state index in [0.29, 0.717) is 5.54 Å². The summed E-state index contributed by atoms with van der Waals surface area (Å²) in [6.45, 7) is 8.49. The van der Waals surface area contributed by atoms with E-state index in [1.165, 1.54) is 32.5 Å². The van der Waals surface area contributed by atoms with Crippen LogP contribution in [0.3, 0.4) is 0 Å². The summed E-state index contributed by atoms with van der Waals surface area (Å²) in [5, 5.41) is 3.33. The molecular weight excluding hydrogens is 136 g/mol. The molecule has 11 heavy (non-hydrogen) atoms. The van der Waals surface area contributed by atoms with E-state index >= 15 is 0 Å². The van der Waals surface area contributed by atoms with Crippen LogP contribution in [0.5, 0.6) is 0 Å². The fourth-order valence-corrected chi connectivity index (χ4v) is 2.30. The molecule has 2 nitrogen and oxygen atoms in total. The van der Waals surface area contributed by atoms with Gasteiger partial charge in [0.15, 0.2) is 0 Å². The summed E-state index contributed by atoms with van der Waals surface area (Å²) in [5.74, 6) is 0. The lowest BCUT2D eigenvalue weighted by Crippen LogP contribution is -2.60. The third kappa shape index (κ3) is 1.18. The average molecular weight is 154 g/mol. The van der Waals surface area contributed by atoms with Crippen molar-refractivity contribution in [2.45, 2.75) is 38.3 Å². The van der Waals surface area contributed by atoms with Crippen LogP contribution in [0, 0.1) is 0 Å². The van der Waals surface area contributed by atoms with Crippen molar-refractivity contribution in [1.82, 2.24) is 10.2 Å². The number of likely N-dealkylation sites (tertiary alicyclic amines) is 1. The summed E-state index contributed by atoms with van der Waals surface area (Å²) in [5.41, 5.74) is 0.479. The van der Waals surface area contributed by atoms with Crippen molar-refractivity contribution in [3.63, 3.8) is 0 Å². The molecule has 0 radical (unpaired) electrons. The van der Waals surface area contributed by atoms with E-state index in [9.17, 15) is 0 Å². The Bertz CT molecular complexity index is 150. The van der Waals surface area contributed by atoms with Gasteiger partial charge in [0, 0.05) is 24.7 Å². The Morgan fingerprint density at radius 1 is 1.36 bits per heavy atom. The molecule has 0 atom stereocenters. The highest BCUT2D eigenvalue weighted by atomic mass is 15.3. The van der Waals surface area contributed by atoms with Gasteiger partial charge in [0.1, 0.15) is 0 Å². The average Bonchev–Trinajstić information content (AvgIpc) is 2.07. The van der Waals surface area contributed by atoms with Gasteiger partial charge in [-0.25, -0.2) is 0 Å². The van der Waals surface area contributed by atoms with E-state index in [4.69, 9.17) is 0 Å². The van der Waals surface area contributed by atoms with Gasteiger partial charge in [0.05, 0.1) is 0 Å². The zero-order chi connectivity index (χ0) is 7.90. The van der Waals surface area contributed by atoms with Gasteiger partial charge < -0.3 is 5.32 Å². The second-order valence-corrected chi connectivity index (χ2v) is 4.42. The molecule has 2 heterocycles. The van der Waals surface area contributed by atoms with Gasteiger partial charge in [-0.3, -0.25) is 4.90 Å². The fraction of sp³-hybridized carbons (Fsp3) is 1.00. The number of nitrogens with one attached hydrogen (secondary N) is 1. The number of rotatable bonds is 1. The maximum atomic E-state index is 3.33. The van der Waals surface area contributed by atoms with E-state index < -0.39 is 0 Å². The Balaban J connectivity index is 2.00. The standard InChI is InChI=1S/C9H18N2/c1-9(2)4-3-5-11(9)8-6-10-7-8/h8,10H,3-7H2,1-2H3. The third-order valence-corrected chi connectivity index (χ3v) is 3.17. The molecule has 64 valence electrons. The van der Waals surface area contributed by atoms with E-state index in [2.05, 4.69) is 24.1 Å². The summed E-state index contributed by atoms with van der Waals surface area (Å²) >= 11 is 0. The molecule has 2 rings (SSSR count). The predicted molar refractivity (Wildman–Crippen MR) is 46.7 cm³/mol. The molecule has 0 aromatic rings. The molecule has 0 aromatic carbocycles. The zero-order valence-electron chi connectivity index (χ0n) is 7.56. The SMILES string of the molecule is CC1(C)CCCN1C1CNC1. The first-order valence-corrected chi connectivity index (χ1v) is 4.68. The topological polar surface area (TPSA) is 15.3 Å². The highest BCUT2D eigenvalue weighted by Gasteiger charge is 2.38. The minimum atomic E-state index is 0.479. The molecule has 0 amide bonds. The highest BCUT2D eigenvalue weighted by molar-refractivity contribution is 4.96. The summed E-state index contributed by atoms with van der Waals surface area (Å²) in [6, 6.07) is 0.840.